The number of hydrogen-bond acceptors (Lipinski definition) is 4. The van der Waals surface area contributed by atoms with Gasteiger partial charge in [0.25, 0.3) is 0 Å². The number of ketones is 1. The number of nitrogens with two attached hydrogens (primary N) is 1. The number of rotatable bonds is 1. The molecule has 0 amide bonds. The van der Waals surface area contributed by atoms with Crippen LogP contribution in [0, 0.1) is 6.92 Å². The first kappa shape index (κ1) is 14.7. The molecule has 4 nitrogen and oxygen atoms in total. The van der Waals surface area contributed by atoms with Crippen molar-refractivity contribution in [1.29, 1.82) is 0 Å². The minimum Gasteiger partial charge on any atom is -0.368 e. The molecule has 2 N–H and O–H groups in total. The van der Waals surface area contributed by atoms with E-state index in [2.05, 4.69) is 41.8 Å². The largest absolute Gasteiger partial charge is 0.368 e. The Bertz CT molecular complexity index is 726. The highest BCUT2D eigenvalue weighted by atomic mass is 79.9. The smallest absolute Gasteiger partial charge is 0.220 e. The van der Waals surface area contributed by atoms with Gasteiger partial charge < -0.3 is 5.73 Å². The maximum Gasteiger partial charge on any atom is 0.220 e. The van der Waals surface area contributed by atoms with Gasteiger partial charge in [-0.25, -0.2) is 9.97 Å². The lowest BCUT2D eigenvalue weighted by atomic mass is 9.81. The van der Waals surface area contributed by atoms with Gasteiger partial charge in [-0.2, -0.15) is 0 Å². The van der Waals surface area contributed by atoms with Gasteiger partial charge in [-0.1, -0.05) is 37.9 Å². The molecule has 0 aliphatic heterocycles. The number of anilines is 1. The van der Waals surface area contributed by atoms with Crippen LogP contribution in [0.4, 0.5) is 5.95 Å². The molecule has 1 unspecified atom stereocenters. The summed E-state index contributed by atoms with van der Waals surface area (Å²) in [5.41, 5.74) is 8.89. The Balaban J connectivity index is 2.08. The lowest BCUT2D eigenvalue weighted by molar-refractivity contribution is 0.0962. The molecule has 108 valence electrons. The van der Waals surface area contributed by atoms with Gasteiger partial charge in [0.1, 0.15) is 0 Å². The molecule has 3 rings (SSSR count). The fraction of sp³-hybridized carbons (Fsp3) is 0.267. The molecule has 1 heterocycles. The van der Waals surface area contributed by atoms with Crippen molar-refractivity contribution in [2.45, 2.75) is 25.7 Å². The van der Waals surface area contributed by atoms with Crippen molar-refractivity contribution in [3.05, 3.63) is 49.7 Å². The minimum absolute atomic E-state index is 0.0846. The van der Waals surface area contributed by atoms with E-state index in [4.69, 9.17) is 5.73 Å². The standard InChI is InChI=1S/C15H13Br2N3O/c1-7-13-11(20-15(18)19-7)5-8(6-12(13)21)14-9(16)3-2-4-10(14)17/h2-4,8H,5-6H2,1H3,(H2,18,19,20). The normalized spacial score (nSPS) is 17.7. The van der Waals surface area contributed by atoms with Crippen LogP contribution in [0.25, 0.3) is 0 Å². The second kappa shape index (κ2) is 5.50. The van der Waals surface area contributed by atoms with Crippen molar-refractivity contribution in [3.63, 3.8) is 0 Å². The number of Topliss-reactive ketones (excluding diaryl/α,β-unsaturated/α-hetero) is 1. The number of halogens is 2. The number of carbonyl (C=O) groups is 1. The summed E-state index contributed by atoms with van der Waals surface area (Å²) in [7, 11) is 0. The first-order valence-electron chi connectivity index (χ1n) is 6.57. The molecule has 1 aliphatic rings. The van der Waals surface area contributed by atoms with Crippen molar-refractivity contribution in [1.82, 2.24) is 9.97 Å². The third-order valence-corrected chi connectivity index (χ3v) is 5.12. The third-order valence-electron chi connectivity index (χ3n) is 3.74. The van der Waals surface area contributed by atoms with Gasteiger partial charge in [-0.15, -0.1) is 0 Å². The van der Waals surface area contributed by atoms with Crippen LogP contribution < -0.4 is 5.73 Å². The second-order valence-corrected chi connectivity index (χ2v) is 6.86. The van der Waals surface area contributed by atoms with Crippen LogP contribution in [0.15, 0.2) is 27.1 Å². The zero-order valence-electron chi connectivity index (χ0n) is 11.4. The number of aryl methyl sites for hydroxylation is 1. The Morgan fingerprint density at radius 3 is 2.52 bits per heavy atom. The summed E-state index contributed by atoms with van der Waals surface area (Å²) in [6.45, 7) is 1.81. The summed E-state index contributed by atoms with van der Waals surface area (Å²) >= 11 is 7.15. The van der Waals surface area contributed by atoms with E-state index in [0.29, 0.717) is 24.1 Å². The van der Waals surface area contributed by atoms with E-state index in [9.17, 15) is 4.79 Å². The predicted octanol–water partition coefficient (Wildman–Crippen LogP) is 3.80. The number of benzene rings is 1. The van der Waals surface area contributed by atoms with Gasteiger partial charge in [0, 0.05) is 15.4 Å². The van der Waals surface area contributed by atoms with Gasteiger partial charge in [0.15, 0.2) is 5.78 Å². The lowest BCUT2D eigenvalue weighted by Gasteiger charge is -2.25. The lowest BCUT2D eigenvalue weighted by Crippen LogP contribution is -2.23. The summed E-state index contributed by atoms with van der Waals surface area (Å²) < 4.78 is 1.99. The van der Waals surface area contributed by atoms with Crippen LogP contribution in [0.2, 0.25) is 0 Å². The quantitative estimate of drug-likeness (QED) is 0.776. The van der Waals surface area contributed by atoms with Crippen LogP contribution >= 0.6 is 31.9 Å². The zero-order valence-corrected chi connectivity index (χ0v) is 14.5. The fourth-order valence-corrected chi connectivity index (χ4v) is 4.55. The Labute approximate surface area is 139 Å². The van der Waals surface area contributed by atoms with Gasteiger partial charge in [-0.3, -0.25) is 4.79 Å². The van der Waals surface area contributed by atoms with Crippen LogP contribution in [0.1, 0.15) is 39.6 Å². The van der Waals surface area contributed by atoms with Crippen molar-refractivity contribution < 1.29 is 4.79 Å². The maximum absolute atomic E-state index is 12.5. The molecule has 6 heteroatoms. The molecule has 1 aliphatic carbocycles. The molecule has 0 saturated heterocycles. The summed E-state index contributed by atoms with van der Waals surface area (Å²) in [4.78, 5) is 20.8. The highest BCUT2D eigenvalue weighted by Gasteiger charge is 2.31. The van der Waals surface area contributed by atoms with Crippen LogP contribution in [0.3, 0.4) is 0 Å². The van der Waals surface area contributed by atoms with Crippen LogP contribution in [0.5, 0.6) is 0 Å². The average molecular weight is 411 g/mol. The third kappa shape index (κ3) is 2.62. The van der Waals surface area contributed by atoms with E-state index < -0.39 is 0 Å². The molecule has 21 heavy (non-hydrogen) atoms. The van der Waals surface area contributed by atoms with Crippen molar-refractivity contribution >= 4 is 43.6 Å². The number of aromatic nitrogens is 2. The van der Waals surface area contributed by atoms with Crippen molar-refractivity contribution in [2.24, 2.45) is 0 Å². The summed E-state index contributed by atoms with van der Waals surface area (Å²) in [5.74, 6) is 0.399. The van der Waals surface area contributed by atoms with Gasteiger partial charge in [0.05, 0.1) is 17.0 Å². The summed E-state index contributed by atoms with van der Waals surface area (Å²) in [6.07, 6.45) is 1.15. The van der Waals surface area contributed by atoms with E-state index >= 15 is 0 Å². The number of hydrogen-bond donors (Lipinski definition) is 1. The van der Waals surface area contributed by atoms with Crippen molar-refractivity contribution in [2.75, 3.05) is 5.73 Å². The Morgan fingerprint density at radius 2 is 1.86 bits per heavy atom. The Morgan fingerprint density at radius 1 is 1.19 bits per heavy atom. The van der Waals surface area contributed by atoms with Gasteiger partial charge >= 0.3 is 0 Å². The van der Waals surface area contributed by atoms with Crippen LogP contribution in [-0.2, 0) is 6.42 Å². The predicted molar refractivity (Wildman–Crippen MR) is 88.4 cm³/mol. The molecule has 0 radical (unpaired) electrons. The average Bonchev–Trinajstić information content (AvgIpc) is 2.36. The molecular formula is C15H13Br2N3O. The molecule has 2 aromatic rings. The van der Waals surface area contributed by atoms with E-state index in [1.165, 1.54) is 0 Å². The van der Waals surface area contributed by atoms with E-state index in [-0.39, 0.29) is 17.6 Å². The summed E-state index contributed by atoms with van der Waals surface area (Å²) in [5, 5.41) is 0. The molecule has 0 bridgehead atoms. The molecule has 1 aromatic carbocycles. The van der Waals surface area contributed by atoms with Crippen molar-refractivity contribution in [3.8, 4) is 0 Å². The maximum atomic E-state index is 12.5. The Hall–Kier alpha value is -1.27. The molecule has 0 fully saturated rings. The highest BCUT2D eigenvalue weighted by molar-refractivity contribution is 9.11. The second-order valence-electron chi connectivity index (χ2n) is 5.15. The first-order valence-corrected chi connectivity index (χ1v) is 8.16. The van der Waals surface area contributed by atoms with Gasteiger partial charge in [-0.05, 0) is 37.0 Å². The topological polar surface area (TPSA) is 68.9 Å². The molecular weight excluding hydrogens is 398 g/mol. The van der Waals surface area contributed by atoms with E-state index in [0.717, 1.165) is 20.2 Å². The molecule has 1 atom stereocenters. The number of fused-ring (bicyclic) bond motifs is 1. The molecule has 0 saturated carbocycles. The number of nitrogen functional groups attached to an aromatic ring is 1. The van der Waals surface area contributed by atoms with Gasteiger partial charge in [0.2, 0.25) is 5.95 Å². The molecule has 0 spiro atoms. The highest BCUT2D eigenvalue weighted by Crippen LogP contribution is 2.39. The van der Waals surface area contributed by atoms with E-state index in [1.54, 1.807) is 0 Å². The SMILES string of the molecule is Cc1nc(N)nc2c1C(=O)CC(c1c(Br)cccc1Br)C2. The zero-order chi connectivity index (χ0) is 15.1. The monoisotopic (exact) mass is 409 g/mol. The minimum atomic E-state index is 0.0846. The number of nitrogens with zero attached hydrogens (tertiary/aromatic N) is 2. The van der Waals surface area contributed by atoms with E-state index in [1.807, 2.05) is 25.1 Å². The fourth-order valence-electron chi connectivity index (χ4n) is 2.90. The number of carbonyl (C=O) groups excluding carboxylic acids is 1. The molecule has 1 aromatic heterocycles. The Kier molecular flexibility index (Phi) is 3.84. The van der Waals surface area contributed by atoms with Crippen LogP contribution in [-0.4, -0.2) is 15.8 Å². The first-order chi connectivity index (χ1) is 9.97. The summed E-state index contributed by atoms with van der Waals surface area (Å²) in [6, 6.07) is 5.93.